The maximum Gasteiger partial charge on any atom is 0.306 e. The second-order valence-corrected chi connectivity index (χ2v) is 7.89. The molecule has 0 radical (unpaired) electrons. The maximum atomic E-state index is 11.7. The smallest absolute Gasteiger partial charge is 0.306 e. The van der Waals surface area contributed by atoms with Crippen molar-refractivity contribution < 1.29 is 19.1 Å². The molecule has 0 aliphatic rings. The topological polar surface area (TPSA) is 52.6 Å². The SMILES string of the molecule is CCCCCCCCCCC#CCOC(=O)CCCC(=O)OC(C)CCCCC. The molecule has 0 aromatic rings. The van der Waals surface area contributed by atoms with Crippen LogP contribution >= 0.6 is 0 Å². The molecule has 0 rings (SSSR count). The summed E-state index contributed by atoms with van der Waals surface area (Å²) in [5, 5.41) is 0. The molecule has 0 aromatic heterocycles. The van der Waals surface area contributed by atoms with Crippen LogP contribution in [0, 0.1) is 11.8 Å². The molecular formula is C25H44O4. The molecule has 1 atom stereocenters. The third-order valence-electron chi connectivity index (χ3n) is 4.89. The summed E-state index contributed by atoms with van der Waals surface area (Å²) in [5.74, 6) is 5.44. The summed E-state index contributed by atoms with van der Waals surface area (Å²) in [6.45, 7) is 6.46. The van der Waals surface area contributed by atoms with Crippen molar-refractivity contribution in [3.8, 4) is 11.8 Å². The third kappa shape index (κ3) is 21.0. The molecule has 4 heteroatoms. The van der Waals surface area contributed by atoms with Gasteiger partial charge in [-0.05, 0) is 32.6 Å². The molecule has 4 nitrogen and oxygen atoms in total. The second-order valence-electron chi connectivity index (χ2n) is 7.89. The van der Waals surface area contributed by atoms with Crippen molar-refractivity contribution in [2.45, 2.75) is 130 Å². The average molecular weight is 409 g/mol. The first-order valence-corrected chi connectivity index (χ1v) is 11.9. The summed E-state index contributed by atoms with van der Waals surface area (Å²) in [7, 11) is 0. The van der Waals surface area contributed by atoms with E-state index in [2.05, 4.69) is 25.7 Å². The summed E-state index contributed by atoms with van der Waals surface area (Å²) in [6.07, 6.45) is 16.4. The minimum atomic E-state index is -0.296. The van der Waals surface area contributed by atoms with Gasteiger partial charge in [-0.15, -0.1) is 0 Å². The molecule has 0 aliphatic carbocycles. The van der Waals surface area contributed by atoms with E-state index in [0.717, 1.165) is 38.5 Å². The number of esters is 2. The Hall–Kier alpha value is -1.50. The number of carbonyl (C=O) groups is 2. The van der Waals surface area contributed by atoms with Gasteiger partial charge in [0.1, 0.15) is 0 Å². The summed E-state index contributed by atoms with van der Waals surface area (Å²) in [6, 6.07) is 0. The fraction of sp³-hybridized carbons (Fsp3) is 0.840. The van der Waals surface area contributed by atoms with Gasteiger partial charge in [-0.1, -0.05) is 83.5 Å². The first kappa shape index (κ1) is 27.5. The van der Waals surface area contributed by atoms with E-state index in [1.54, 1.807) is 0 Å². The highest BCUT2D eigenvalue weighted by molar-refractivity contribution is 5.72. The third-order valence-corrected chi connectivity index (χ3v) is 4.89. The van der Waals surface area contributed by atoms with E-state index in [9.17, 15) is 9.59 Å². The Balaban J connectivity index is 3.52. The van der Waals surface area contributed by atoms with Crippen molar-refractivity contribution in [2.75, 3.05) is 6.61 Å². The van der Waals surface area contributed by atoms with E-state index in [-0.39, 0.29) is 37.5 Å². The lowest BCUT2D eigenvalue weighted by Crippen LogP contribution is -2.15. The molecule has 0 heterocycles. The van der Waals surface area contributed by atoms with Gasteiger partial charge in [-0.2, -0.15) is 0 Å². The van der Waals surface area contributed by atoms with Crippen molar-refractivity contribution in [1.29, 1.82) is 0 Å². The maximum absolute atomic E-state index is 11.7. The normalized spacial score (nSPS) is 11.4. The fourth-order valence-corrected chi connectivity index (χ4v) is 3.08. The van der Waals surface area contributed by atoms with Crippen molar-refractivity contribution in [1.82, 2.24) is 0 Å². The van der Waals surface area contributed by atoms with Crippen LogP contribution in [0.15, 0.2) is 0 Å². The number of unbranched alkanes of at least 4 members (excludes halogenated alkanes) is 10. The molecule has 0 aliphatic heterocycles. The van der Waals surface area contributed by atoms with Crippen molar-refractivity contribution in [3.05, 3.63) is 0 Å². The van der Waals surface area contributed by atoms with Crippen molar-refractivity contribution >= 4 is 11.9 Å². The van der Waals surface area contributed by atoms with Gasteiger partial charge in [0.05, 0.1) is 6.10 Å². The van der Waals surface area contributed by atoms with E-state index in [0.29, 0.717) is 6.42 Å². The Morgan fingerprint density at radius 3 is 2.00 bits per heavy atom. The highest BCUT2D eigenvalue weighted by Crippen LogP contribution is 2.10. The number of ether oxygens (including phenoxy) is 2. The van der Waals surface area contributed by atoms with Crippen LogP contribution in [0.2, 0.25) is 0 Å². The van der Waals surface area contributed by atoms with Gasteiger partial charge >= 0.3 is 11.9 Å². The summed E-state index contributed by atoms with van der Waals surface area (Å²) in [5.41, 5.74) is 0. The molecule has 0 spiro atoms. The number of hydrogen-bond acceptors (Lipinski definition) is 4. The largest absolute Gasteiger partial charge is 0.463 e. The summed E-state index contributed by atoms with van der Waals surface area (Å²) >= 11 is 0. The molecule has 0 N–H and O–H groups in total. The average Bonchev–Trinajstić information content (AvgIpc) is 2.69. The predicted molar refractivity (Wildman–Crippen MR) is 120 cm³/mol. The van der Waals surface area contributed by atoms with Crippen molar-refractivity contribution in [3.63, 3.8) is 0 Å². The molecule has 0 bridgehead atoms. The molecule has 1 unspecified atom stereocenters. The summed E-state index contributed by atoms with van der Waals surface area (Å²) in [4.78, 5) is 23.4. The minimum absolute atomic E-state index is 0.0441. The summed E-state index contributed by atoms with van der Waals surface area (Å²) < 4.78 is 10.4. The highest BCUT2D eigenvalue weighted by Gasteiger charge is 2.10. The molecule has 0 fully saturated rings. The zero-order valence-electron chi connectivity index (χ0n) is 19.2. The lowest BCUT2D eigenvalue weighted by atomic mass is 10.1. The van der Waals surface area contributed by atoms with Gasteiger partial charge in [0.15, 0.2) is 6.61 Å². The number of hydrogen-bond donors (Lipinski definition) is 0. The predicted octanol–water partition coefficient (Wildman–Crippen LogP) is 6.75. The molecule has 0 saturated carbocycles. The van der Waals surface area contributed by atoms with Crippen molar-refractivity contribution in [2.24, 2.45) is 0 Å². The Bertz CT molecular complexity index is 461. The van der Waals surface area contributed by atoms with E-state index in [1.807, 2.05) is 6.92 Å². The Morgan fingerprint density at radius 1 is 0.724 bits per heavy atom. The standard InChI is InChI=1S/C25H44O4/c1-4-6-8-9-10-11-12-13-14-15-17-22-28-24(26)20-18-21-25(27)29-23(3)19-16-7-5-2/h23H,4-14,16,18-22H2,1-3H3. The van der Waals surface area contributed by atoms with Crippen LogP contribution in [0.5, 0.6) is 0 Å². The van der Waals surface area contributed by atoms with E-state index >= 15 is 0 Å². The van der Waals surface area contributed by atoms with Crippen LogP contribution in [0.25, 0.3) is 0 Å². The monoisotopic (exact) mass is 408 g/mol. The van der Waals surface area contributed by atoms with Gasteiger partial charge < -0.3 is 9.47 Å². The van der Waals surface area contributed by atoms with Gasteiger partial charge in [-0.3, -0.25) is 9.59 Å². The first-order valence-electron chi connectivity index (χ1n) is 11.9. The van der Waals surface area contributed by atoms with E-state index in [1.165, 1.54) is 44.9 Å². The zero-order chi connectivity index (χ0) is 21.6. The highest BCUT2D eigenvalue weighted by atomic mass is 16.5. The van der Waals surface area contributed by atoms with Crippen LogP contribution in [-0.4, -0.2) is 24.6 Å². The van der Waals surface area contributed by atoms with Crippen LogP contribution in [-0.2, 0) is 19.1 Å². The molecule has 0 amide bonds. The Kier molecular flexibility index (Phi) is 20.1. The van der Waals surface area contributed by atoms with Gasteiger partial charge in [0, 0.05) is 19.3 Å². The number of carbonyl (C=O) groups excluding carboxylic acids is 2. The van der Waals surface area contributed by atoms with Crippen LogP contribution < -0.4 is 0 Å². The molecule has 0 saturated heterocycles. The van der Waals surface area contributed by atoms with E-state index < -0.39 is 0 Å². The van der Waals surface area contributed by atoms with Gasteiger partial charge in [0.2, 0.25) is 0 Å². The van der Waals surface area contributed by atoms with Gasteiger partial charge in [0.25, 0.3) is 0 Å². The Labute approximate surface area is 179 Å². The van der Waals surface area contributed by atoms with Crippen LogP contribution in [0.3, 0.4) is 0 Å². The fourth-order valence-electron chi connectivity index (χ4n) is 3.08. The minimum Gasteiger partial charge on any atom is -0.463 e. The zero-order valence-corrected chi connectivity index (χ0v) is 19.2. The Morgan fingerprint density at radius 2 is 1.31 bits per heavy atom. The van der Waals surface area contributed by atoms with Crippen LogP contribution in [0.4, 0.5) is 0 Å². The first-order chi connectivity index (χ1) is 14.1. The molecule has 29 heavy (non-hydrogen) atoms. The lowest BCUT2D eigenvalue weighted by Gasteiger charge is -2.12. The van der Waals surface area contributed by atoms with Gasteiger partial charge in [-0.25, -0.2) is 0 Å². The molecule has 0 aromatic carbocycles. The molecule has 168 valence electrons. The second kappa shape index (κ2) is 21.2. The lowest BCUT2D eigenvalue weighted by molar-refractivity contribution is -0.149. The quantitative estimate of drug-likeness (QED) is 0.143. The number of rotatable bonds is 18. The van der Waals surface area contributed by atoms with E-state index in [4.69, 9.17) is 9.47 Å². The van der Waals surface area contributed by atoms with Crippen LogP contribution in [0.1, 0.15) is 124 Å². The molecular weight excluding hydrogens is 364 g/mol.